The molecule has 100 valence electrons. The van der Waals surface area contributed by atoms with Gasteiger partial charge in [0.2, 0.25) is 0 Å². The van der Waals surface area contributed by atoms with E-state index in [-0.39, 0.29) is 5.69 Å². The Morgan fingerprint density at radius 3 is 2.84 bits per heavy atom. The predicted molar refractivity (Wildman–Crippen MR) is 75.5 cm³/mol. The molecule has 0 bridgehead atoms. The van der Waals surface area contributed by atoms with Crippen LogP contribution in [0.3, 0.4) is 0 Å². The zero-order valence-electron chi connectivity index (χ0n) is 11.5. The van der Waals surface area contributed by atoms with Crippen LogP contribution in [0, 0.1) is 13.8 Å². The van der Waals surface area contributed by atoms with E-state index in [4.69, 9.17) is 0 Å². The van der Waals surface area contributed by atoms with Crippen molar-refractivity contribution in [2.24, 2.45) is 0 Å². The number of nitrogens with zero attached hydrogens (tertiary/aromatic N) is 3. The van der Waals surface area contributed by atoms with Crippen molar-refractivity contribution < 1.29 is 0 Å². The second-order valence-electron chi connectivity index (χ2n) is 4.45. The second-order valence-corrected chi connectivity index (χ2v) is 4.45. The molecule has 0 aromatic carbocycles. The molecule has 1 N–H and O–H groups in total. The Labute approximate surface area is 112 Å². The number of pyridine rings is 1. The maximum Gasteiger partial charge on any atom is 0.348 e. The van der Waals surface area contributed by atoms with Gasteiger partial charge in [-0.15, -0.1) is 0 Å². The monoisotopic (exact) mass is 258 g/mol. The highest BCUT2D eigenvalue weighted by Crippen LogP contribution is 2.13. The molecule has 5 heteroatoms. The van der Waals surface area contributed by atoms with E-state index in [1.54, 1.807) is 10.8 Å². The number of hydrogen-bond donors (Lipinski definition) is 1. The molecule has 0 radical (unpaired) electrons. The Hall–Kier alpha value is -2.17. The molecule has 0 saturated carbocycles. The summed E-state index contributed by atoms with van der Waals surface area (Å²) >= 11 is 0. The minimum Gasteiger partial charge on any atom is -0.370 e. The molecule has 5 nitrogen and oxygen atoms in total. The van der Waals surface area contributed by atoms with Crippen LogP contribution in [0.1, 0.15) is 23.9 Å². The number of aryl methyl sites for hydroxylation is 2. The number of aromatic nitrogens is 3. The maximum atomic E-state index is 11.9. The lowest BCUT2D eigenvalue weighted by molar-refractivity contribution is 0.693. The SMILES string of the molecule is CCNc1ncccc1Cn1c(C)cc(C)nc1=O. The van der Waals surface area contributed by atoms with Crippen LogP contribution >= 0.6 is 0 Å². The van der Waals surface area contributed by atoms with Gasteiger partial charge in [0, 0.05) is 29.7 Å². The highest BCUT2D eigenvalue weighted by molar-refractivity contribution is 5.43. The fraction of sp³-hybridized carbons (Fsp3) is 0.357. The molecule has 2 aromatic heterocycles. The van der Waals surface area contributed by atoms with Crippen LogP contribution in [-0.2, 0) is 6.54 Å². The van der Waals surface area contributed by atoms with Gasteiger partial charge in [-0.25, -0.2) is 9.78 Å². The standard InChI is InChI=1S/C14H18N4O/c1-4-15-13-12(6-5-7-16-13)9-18-11(3)8-10(2)17-14(18)19/h5-8H,4,9H2,1-3H3,(H,15,16). The number of anilines is 1. The normalized spacial score (nSPS) is 10.5. The quantitative estimate of drug-likeness (QED) is 0.907. The summed E-state index contributed by atoms with van der Waals surface area (Å²) in [7, 11) is 0. The second kappa shape index (κ2) is 5.65. The first-order chi connectivity index (χ1) is 9.11. The summed E-state index contributed by atoms with van der Waals surface area (Å²) in [6.45, 7) is 7.04. The Bertz CT molecular complexity index is 634. The van der Waals surface area contributed by atoms with Crippen LogP contribution in [0.4, 0.5) is 5.82 Å². The Balaban J connectivity index is 2.39. The summed E-state index contributed by atoms with van der Waals surface area (Å²) in [5.74, 6) is 0.817. The van der Waals surface area contributed by atoms with Gasteiger partial charge in [-0.2, -0.15) is 4.98 Å². The van der Waals surface area contributed by atoms with E-state index in [1.807, 2.05) is 39.0 Å². The molecule has 19 heavy (non-hydrogen) atoms. The maximum absolute atomic E-state index is 11.9. The molecule has 0 aliphatic heterocycles. The molecule has 2 rings (SSSR count). The highest BCUT2D eigenvalue weighted by atomic mass is 16.1. The van der Waals surface area contributed by atoms with Gasteiger partial charge < -0.3 is 5.32 Å². The number of nitrogens with one attached hydrogen (secondary N) is 1. The molecule has 2 heterocycles. The smallest absolute Gasteiger partial charge is 0.348 e. The van der Waals surface area contributed by atoms with E-state index < -0.39 is 0 Å². The van der Waals surface area contributed by atoms with Gasteiger partial charge in [-0.3, -0.25) is 4.57 Å². The van der Waals surface area contributed by atoms with E-state index in [9.17, 15) is 4.79 Å². The molecule has 0 fully saturated rings. The summed E-state index contributed by atoms with van der Waals surface area (Å²) in [5, 5.41) is 3.20. The zero-order chi connectivity index (χ0) is 13.8. The van der Waals surface area contributed by atoms with Gasteiger partial charge in [0.25, 0.3) is 0 Å². The first-order valence-electron chi connectivity index (χ1n) is 6.34. The third-order valence-electron chi connectivity index (χ3n) is 2.91. The third-order valence-corrected chi connectivity index (χ3v) is 2.91. The summed E-state index contributed by atoms with van der Waals surface area (Å²) in [6, 6.07) is 5.75. The van der Waals surface area contributed by atoms with Gasteiger partial charge in [-0.1, -0.05) is 6.07 Å². The van der Waals surface area contributed by atoms with Crippen LogP contribution in [0.2, 0.25) is 0 Å². The Morgan fingerprint density at radius 2 is 2.16 bits per heavy atom. The van der Waals surface area contributed by atoms with E-state index in [0.29, 0.717) is 6.54 Å². The average Bonchev–Trinajstić information content (AvgIpc) is 2.36. The van der Waals surface area contributed by atoms with Crippen LogP contribution < -0.4 is 11.0 Å². The lowest BCUT2D eigenvalue weighted by atomic mass is 10.2. The van der Waals surface area contributed by atoms with E-state index >= 15 is 0 Å². The predicted octanol–water partition coefficient (Wildman–Crippen LogP) is 1.74. The Morgan fingerprint density at radius 1 is 1.37 bits per heavy atom. The highest BCUT2D eigenvalue weighted by Gasteiger charge is 2.07. The largest absolute Gasteiger partial charge is 0.370 e. The van der Waals surface area contributed by atoms with Gasteiger partial charge in [-0.05, 0) is 32.9 Å². The van der Waals surface area contributed by atoms with Gasteiger partial charge in [0.1, 0.15) is 5.82 Å². The molecule has 0 aliphatic carbocycles. The molecular formula is C14H18N4O. The van der Waals surface area contributed by atoms with Gasteiger partial charge in [0.05, 0.1) is 6.54 Å². The summed E-state index contributed by atoms with van der Waals surface area (Å²) in [6.07, 6.45) is 1.74. The average molecular weight is 258 g/mol. The van der Waals surface area contributed by atoms with Crippen LogP contribution in [0.25, 0.3) is 0 Å². The van der Waals surface area contributed by atoms with Crippen molar-refractivity contribution in [2.75, 3.05) is 11.9 Å². The van der Waals surface area contributed by atoms with Crippen molar-refractivity contribution in [1.29, 1.82) is 0 Å². The van der Waals surface area contributed by atoms with Crippen molar-refractivity contribution in [1.82, 2.24) is 14.5 Å². The first-order valence-corrected chi connectivity index (χ1v) is 6.34. The fourth-order valence-electron chi connectivity index (χ4n) is 2.03. The number of hydrogen-bond acceptors (Lipinski definition) is 4. The first kappa shape index (κ1) is 13.3. The summed E-state index contributed by atoms with van der Waals surface area (Å²) < 4.78 is 1.66. The fourth-order valence-corrected chi connectivity index (χ4v) is 2.03. The van der Waals surface area contributed by atoms with Crippen molar-refractivity contribution in [3.05, 3.63) is 51.8 Å². The van der Waals surface area contributed by atoms with Crippen molar-refractivity contribution in [3.63, 3.8) is 0 Å². The van der Waals surface area contributed by atoms with Gasteiger partial charge >= 0.3 is 5.69 Å². The topological polar surface area (TPSA) is 59.8 Å². The minimum absolute atomic E-state index is 0.219. The third kappa shape index (κ3) is 2.99. The molecule has 0 saturated heterocycles. The van der Waals surface area contributed by atoms with Gasteiger partial charge in [0.15, 0.2) is 0 Å². The lowest BCUT2D eigenvalue weighted by Crippen LogP contribution is -2.26. The number of rotatable bonds is 4. The van der Waals surface area contributed by atoms with Crippen LogP contribution in [0.15, 0.2) is 29.2 Å². The zero-order valence-corrected chi connectivity index (χ0v) is 11.5. The molecule has 0 unspecified atom stereocenters. The van der Waals surface area contributed by atoms with Crippen molar-refractivity contribution >= 4 is 5.82 Å². The molecule has 0 atom stereocenters. The van der Waals surface area contributed by atoms with Crippen LogP contribution in [-0.4, -0.2) is 21.1 Å². The van der Waals surface area contributed by atoms with E-state index in [1.165, 1.54) is 0 Å². The van der Waals surface area contributed by atoms with Crippen molar-refractivity contribution in [2.45, 2.75) is 27.3 Å². The summed E-state index contributed by atoms with van der Waals surface area (Å²) in [4.78, 5) is 20.2. The van der Waals surface area contributed by atoms with E-state index in [0.717, 1.165) is 29.3 Å². The molecule has 0 spiro atoms. The van der Waals surface area contributed by atoms with Crippen LogP contribution in [0.5, 0.6) is 0 Å². The molecule has 0 amide bonds. The molecular weight excluding hydrogens is 240 g/mol. The van der Waals surface area contributed by atoms with E-state index in [2.05, 4.69) is 15.3 Å². The summed E-state index contributed by atoms with van der Waals surface area (Å²) in [5.41, 5.74) is 2.42. The molecule has 2 aromatic rings. The minimum atomic E-state index is -0.219. The van der Waals surface area contributed by atoms with Crippen molar-refractivity contribution in [3.8, 4) is 0 Å². The molecule has 0 aliphatic rings. The Kier molecular flexibility index (Phi) is 3.94. The lowest BCUT2D eigenvalue weighted by Gasteiger charge is -2.13.